The van der Waals surface area contributed by atoms with Gasteiger partial charge in [0.15, 0.2) is 5.82 Å². The number of nitrogens with one attached hydrogen (secondary N) is 1. The summed E-state index contributed by atoms with van der Waals surface area (Å²) < 4.78 is 29.5. The van der Waals surface area contributed by atoms with Gasteiger partial charge in [-0.3, -0.25) is 4.79 Å². The van der Waals surface area contributed by atoms with Crippen LogP contribution in [0.2, 0.25) is 5.02 Å². The summed E-state index contributed by atoms with van der Waals surface area (Å²) in [5, 5.41) is 8.66. The van der Waals surface area contributed by atoms with Gasteiger partial charge in [0.2, 0.25) is 10.0 Å². The Morgan fingerprint density at radius 1 is 1.12 bits per heavy atom. The van der Waals surface area contributed by atoms with E-state index in [9.17, 15) is 13.2 Å². The van der Waals surface area contributed by atoms with E-state index in [4.69, 9.17) is 11.6 Å². The first-order chi connectivity index (χ1) is 12.0. The fourth-order valence-electron chi connectivity index (χ4n) is 2.11. The number of benzene rings is 1. The zero-order valence-electron chi connectivity index (χ0n) is 12.9. The van der Waals surface area contributed by atoms with Gasteiger partial charge < -0.3 is 0 Å². The highest BCUT2D eigenvalue weighted by Crippen LogP contribution is 2.13. The lowest BCUT2D eigenvalue weighted by molar-refractivity contribution is 0.542. The molecule has 1 aromatic carbocycles. The summed E-state index contributed by atoms with van der Waals surface area (Å²) in [6.07, 6.45) is 3.29. The highest BCUT2D eigenvalue weighted by atomic mass is 35.5. The molecule has 0 aliphatic carbocycles. The van der Waals surface area contributed by atoms with Gasteiger partial charge in [-0.05, 0) is 36.4 Å². The molecule has 0 unspecified atom stereocenters. The highest BCUT2D eigenvalue weighted by molar-refractivity contribution is 7.89. The van der Waals surface area contributed by atoms with Crippen LogP contribution in [0.25, 0.3) is 5.82 Å². The maximum Gasteiger partial charge on any atom is 0.266 e. The van der Waals surface area contributed by atoms with Gasteiger partial charge >= 0.3 is 0 Å². The smallest absolute Gasteiger partial charge is 0.266 e. The van der Waals surface area contributed by atoms with Crippen molar-refractivity contribution in [3.63, 3.8) is 0 Å². The zero-order chi connectivity index (χ0) is 17.9. The van der Waals surface area contributed by atoms with E-state index in [0.717, 1.165) is 0 Å². The molecule has 25 heavy (non-hydrogen) atoms. The second-order valence-corrected chi connectivity index (χ2v) is 7.26. The fourth-order valence-corrected chi connectivity index (χ4v) is 3.25. The summed E-state index contributed by atoms with van der Waals surface area (Å²) in [4.78, 5) is 12.0. The minimum Gasteiger partial charge on any atom is -0.268 e. The number of hydrogen-bond donors (Lipinski definition) is 1. The van der Waals surface area contributed by atoms with Gasteiger partial charge in [0.05, 0.1) is 11.4 Å². The molecule has 0 radical (unpaired) electrons. The van der Waals surface area contributed by atoms with Crippen LogP contribution in [0.5, 0.6) is 0 Å². The molecule has 0 saturated carbocycles. The molecule has 0 bridgehead atoms. The Kier molecular flexibility index (Phi) is 4.98. The largest absolute Gasteiger partial charge is 0.268 e. The number of rotatable bonds is 6. The summed E-state index contributed by atoms with van der Waals surface area (Å²) in [7, 11) is -3.68. The van der Waals surface area contributed by atoms with Crippen molar-refractivity contribution in [2.75, 3.05) is 6.54 Å². The molecule has 0 amide bonds. The molecule has 3 rings (SSSR count). The first-order valence-corrected chi connectivity index (χ1v) is 9.15. The Balaban J connectivity index is 1.70. The van der Waals surface area contributed by atoms with Crippen LogP contribution in [0, 0.1) is 0 Å². The Morgan fingerprint density at radius 3 is 2.56 bits per heavy atom. The van der Waals surface area contributed by atoms with E-state index in [1.165, 1.54) is 39.7 Å². The van der Waals surface area contributed by atoms with E-state index in [2.05, 4.69) is 14.9 Å². The Bertz CT molecular complexity index is 1010. The molecule has 130 valence electrons. The van der Waals surface area contributed by atoms with E-state index in [0.29, 0.717) is 10.8 Å². The third-order valence-corrected chi connectivity index (χ3v) is 5.06. The van der Waals surface area contributed by atoms with Crippen molar-refractivity contribution in [3.8, 4) is 5.82 Å². The summed E-state index contributed by atoms with van der Waals surface area (Å²) >= 11 is 5.75. The standard InChI is InChI=1S/C15H14ClN5O3S/c16-12-2-4-13(5-3-12)25(23,24)18-9-11-21-15(22)7-6-14(19-21)20-10-1-8-17-20/h1-8,10,18H,9,11H2. The Labute approximate surface area is 148 Å². The van der Waals surface area contributed by atoms with Gasteiger partial charge in [-0.15, -0.1) is 5.10 Å². The van der Waals surface area contributed by atoms with E-state index in [-0.39, 0.29) is 23.5 Å². The molecule has 1 N–H and O–H groups in total. The van der Waals surface area contributed by atoms with E-state index < -0.39 is 10.0 Å². The molecule has 2 heterocycles. The molecule has 0 aliphatic rings. The van der Waals surface area contributed by atoms with Crippen LogP contribution >= 0.6 is 11.6 Å². The third-order valence-electron chi connectivity index (χ3n) is 3.33. The number of nitrogens with zero attached hydrogens (tertiary/aromatic N) is 4. The summed E-state index contributed by atoms with van der Waals surface area (Å²) in [6.45, 7) is 0.0984. The topological polar surface area (TPSA) is 98.9 Å². The lowest BCUT2D eigenvalue weighted by Gasteiger charge is -2.09. The molecule has 0 saturated heterocycles. The molecule has 0 fully saturated rings. The SMILES string of the molecule is O=c1ccc(-n2cccn2)nn1CCNS(=O)(=O)c1ccc(Cl)cc1. The van der Waals surface area contributed by atoms with Crippen LogP contribution in [0.4, 0.5) is 0 Å². The van der Waals surface area contributed by atoms with Gasteiger partial charge in [0.1, 0.15) is 0 Å². The van der Waals surface area contributed by atoms with Crippen LogP contribution < -0.4 is 10.3 Å². The fraction of sp³-hybridized carbons (Fsp3) is 0.133. The molecular weight excluding hydrogens is 366 g/mol. The summed E-state index contributed by atoms with van der Waals surface area (Å²) in [5.74, 6) is 0.463. The van der Waals surface area contributed by atoms with Crippen LogP contribution in [0.15, 0.2) is 64.5 Å². The minimum absolute atomic E-state index is 0.0143. The lowest BCUT2D eigenvalue weighted by Crippen LogP contribution is -2.32. The van der Waals surface area contributed by atoms with Crippen molar-refractivity contribution in [1.82, 2.24) is 24.3 Å². The maximum absolute atomic E-state index is 12.2. The van der Waals surface area contributed by atoms with Gasteiger partial charge in [-0.1, -0.05) is 11.6 Å². The van der Waals surface area contributed by atoms with Crippen molar-refractivity contribution < 1.29 is 8.42 Å². The minimum atomic E-state index is -3.68. The molecule has 10 heteroatoms. The molecular formula is C15H14ClN5O3S. The molecule has 0 spiro atoms. The average Bonchev–Trinajstić information content (AvgIpc) is 3.11. The van der Waals surface area contributed by atoms with Crippen molar-refractivity contribution in [3.05, 3.63) is 70.2 Å². The summed E-state index contributed by atoms with van der Waals surface area (Å²) in [5.41, 5.74) is -0.332. The average molecular weight is 380 g/mol. The normalized spacial score (nSPS) is 11.6. The number of sulfonamides is 1. The Hall–Kier alpha value is -2.49. The Morgan fingerprint density at radius 2 is 1.88 bits per heavy atom. The number of aromatic nitrogens is 4. The molecule has 2 aromatic heterocycles. The van der Waals surface area contributed by atoms with Crippen LogP contribution in [-0.4, -0.2) is 34.5 Å². The van der Waals surface area contributed by atoms with Gasteiger partial charge in [-0.25, -0.2) is 22.5 Å². The van der Waals surface area contributed by atoms with Gasteiger partial charge in [0, 0.05) is 30.0 Å². The maximum atomic E-state index is 12.2. The van der Waals surface area contributed by atoms with Crippen molar-refractivity contribution in [1.29, 1.82) is 0 Å². The number of hydrogen-bond acceptors (Lipinski definition) is 5. The molecule has 0 atom stereocenters. The van der Waals surface area contributed by atoms with Crippen LogP contribution in [0.1, 0.15) is 0 Å². The number of halogens is 1. The zero-order valence-corrected chi connectivity index (χ0v) is 14.5. The van der Waals surface area contributed by atoms with Crippen LogP contribution in [-0.2, 0) is 16.6 Å². The van der Waals surface area contributed by atoms with Crippen molar-refractivity contribution in [2.45, 2.75) is 11.4 Å². The quantitative estimate of drug-likeness (QED) is 0.690. The third kappa shape index (κ3) is 4.13. The van der Waals surface area contributed by atoms with Gasteiger partial charge in [-0.2, -0.15) is 5.10 Å². The molecule has 0 aliphatic heterocycles. The van der Waals surface area contributed by atoms with E-state index >= 15 is 0 Å². The van der Waals surface area contributed by atoms with Crippen molar-refractivity contribution >= 4 is 21.6 Å². The molecule has 8 nitrogen and oxygen atoms in total. The lowest BCUT2D eigenvalue weighted by atomic mass is 10.4. The second kappa shape index (κ2) is 7.18. The van der Waals surface area contributed by atoms with E-state index in [1.54, 1.807) is 24.5 Å². The predicted molar refractivity (Wildman–Crippen MR) is 92.3 cm³/mol. The second-order valence-electron chi connectivity index (χ2n) is 5.06. The first-order valence-electron chi connectivity index (χ1n) is 7.29. The highest BCUT2D eigenvalue weighted by Gasteiger charge is 2.13. The van der Waals surface area contributed by atoms with E-state index in [1.807, 2.05) is 0 Å². The first kappa shape index (κ1) is 17.3. The molecule has 3 aromatic rings. The van der Waals surface area contributed by atoms with Gasteiger partial charge in [0.25, 0.3) is 5.56 Å². The monoisotopic (exact) mass is 379 g/mol. The summed E-state index contributed by atoms with van der Waals surface area (Å²) in [6, 6.07) is 10.4. The van der Waals surface area contributed by atoms with Crippen LogP contribution in [0.3, 0.4) is 0 Å². The predicted octanol–water partition coefficient (Wildman–Crippen LogP) is 1.06. The van der Waals surface area contributed by atoms with Crippen molar-refractivity contribution in [2.24, 2.45) is 0 Å².